The van der Waals surface area contributed by atoms with Gasteiger partial charge in [0.2, 0.25) is 0 Å². The molecule has 0 spiro atoms. The van der Waals surface area contributed by atoms with Crippen LogP contribution in [0.2, 0.25) is 0 Å². The van der Waals surface area contributed by atoms with Gasteiger partial charge in [-0.2, -0.15) is 5.10 Å². The van der Waals surface area contributed by atoms with Crippen molar-refractivity contribution in [1.82, 2.24) is 14.8 Å². The van der Waals surface area contributed by atoms with Crippen LogP contribution in [0.1, 0.15) is 12.0 Å². The molecule has 20 heavy (non-hydrogen) atoms. The molecule has 104 valence electrons. The number of H-pyrrole nitrogens is 1. The van der Waals surface area contributed by atoms with Gasteiger partial charge in [0, 0.05) is 17.7 Å². The van der Waals surface area contributed by atoms with Crippen molar-refractivity contribution in [3.63, 3.8) is 0 Å². The van der Waals surface area contributed by atoms with Gasteiger partial charge in [-0.15, -0.1) is 6.58 Å². The molecule has 4 nitrogen and oxygen atoms in total. The van der Waals surface area contributed by atoms with Gasteiger partial charge >= 0.3 is 0 Å². The van der Waals surface area contributed by atoms with Crippen molar-refractivity contribution in [2.75, 3.05) is 7.11 Å². The number of benzene rings is 1. The fraction of sp³-hybridized carbons (Fsp3) is 0.200. The summed E-state index contributed by atoms with van der Waals surface area (Å²) in [6, 6.07) is 5.84. The molecule has 0 aliphatic heterocycles. The van der Waals surface area contributed by atoms with E-state index in [1.165, 1.54) is 0 Å². The molecule has 0 fully saturated rings. The fourth-order valence-electron chi connectivity index (χ4n) is 2.04. The summed E-state index contributed by atoms with van der Waals surface area (Å²) >= 11 is 5.28. The third-order valence-electron chi connectivity index (χ3n) is 3.04. The molecular formula is C15H17N3OS. The fourth-order valence-corrected chi connectivity index (χ4v) is 2.30. The monoisotopic (exact) mass is 287 g/mol. The highest BCUT2D eigenvalue weighted by atomic mass is 32.1. The van der Waals surface area contributed by atoms with E-state index in [-0.39, 0.29) is 0 Å². The quantitative estimate of drug-likeness (QED) is 0.668. The Labute approximate surface area is 123 Å². The number of hydrogen-bond acceptors (Lipinski definition) is 3. The van der Waals surface area contributed by atoms with E-state index < -0.39 is 0 Å². The van der Waals surface area contributed by atoms with E-state index in [4.69, 9.17) is 17.0 Å². The van der Waals surface area contributed by atoms with E-state index in [1.807, 2.05) is 29.7 Å². The molecule has 5 heteroatoms. The van der Waals surface area contributed by atoms with Crippen molar-refractivity contribution in [2.45, 2.75) is 13.3 Å². The normalized spacial score (nSPS) is 10.3. The van der Waals surface area contributed by atoms with Crippen LogP contribution in [0, 0.1) is 11.7 Å². The Kier molecular flexibility index (Phi) is 4.20. The smallest absolute Gasteiger partial charge is 0.199 e. The Morgan fingerprint density at radius 1 is 1.55 bits per heavy atom. The highest BCUT2D eigenvalue weighted by Gasteiger charge is 2.13. The Hall–Kier alpha value is -2.14. The van der Waals surface area contributed by atoms with Gasteiger partial charge in [0.15, 0.2) is 10.6 Å². The summed E-state index contributed by atoms with van der Waals surface area (Å²) in [4.78, 5) is 0. The van der Waals surface area contributed by atoms with Gasteiger partial charge in [-0.1, -0.05) is 12.7 Å². The van der Waals surface area contributed by atoms with Crippen LogP contribution in [0.15, 0.2) is 37.4 Å². The summed E-state index contributed by atoms with van der Waals surface area (Å²) < 4.78 is 7.59. The summed E-state index contributed by atoms with van der Waals surface area (Å²) in [5, 5.41) is 7.14. The Bertz CT molecular complexity index is 712. The Balaban J connectivity index is 2.56. The zero-order chi connectivity index (χ0) is 14.7. The molecule has 0 radical (unpaired) electrons. The third-order valence-corrected chi connectivity index (χ3v) is 3.32. The lowest BCUT2D eigenvalue weighted by Gasteiger charge is -2.11. The molecule has 0 amide bonds. The maximum atomic E-state index is 5.28. The second-order valence-corrected chi connectivity index (χ2v) is 4.81. The molecule has 0 atom stereocenters. The van der Waals surface area contributed by atoms with E-state index in [9.17, 15) is 0 Å². The standard InChI is InChI=1S/C15H17N3OS/c1-5-6-11(3)18-14(16-17-15(18)20)13-8-7-12(19-4)9-10(13)2/h5,7-9H,1,3,6H2,2,4H3,(H,17,20). The van der Waals surface area contributed by atoms with E-state index in [0.717, 1.165) is 28.4 Å². The second kappa shape index (κ2) is 5.88. The second-order valence-electron chi connectivity index (χ2n) is 4.43. The SMILES string of the molecule is C=CCC(=C)n1c(-c2ccc(OC)cc2C)n[nH]c1=S. The van der Waals surface area contributed by atoms with Gasteiger partial charge in [-0.05, 0) is 42.9 Å². The van der Waals surface area contributed by atoms with Crippen molar-refractivity contribution in [3.8, 4) is 17.1 Å². The number of aryl methyl sites for hydroxylation is 1. The molecule has 0 bridgehead atoms. The predicted octanol–water partition coefficient (Wildman–Crippen LogP) is 3.97. The van der Waals surface area contributed by atoms with Crippen LogP contribution in [0.25, 0.3) is 17.1 Å². The van der Waals surface area contributed by atoms with Gasteiger partial charge in [-0.25, -0.2) is 0 Å². The highest BCUT2D eigenvalue weighted by Crippen LogP contribution is 2.27. The highest BCUT2D eigenvalue weighted by molar-refractivity contribution is 7.71. The van der Waals surface area contributed by atoms with E-state index in [1.54, 1.807) is 13.2 Å². The minimum Gasteiger partial charge on any atom is -0.497 e. The molecule has 1 aromatic carbocycles. The summed E-state index contributed by atoms with van der Waals surface area (Å²) in [7, 11) is 1.65. The molecule has 1 N–H and O–H groups in total. The first kappa shape index (κ1) is 14.3. The maximum absolute atomic E-state index is 5.28. The van der Waals surface area contributed by atoms with Crippen LogP contribution in [-0.2, 0) is 0 Å². The van der Waals surface area contributed by atoms with Crippen molar-refractivity contribution in [1.29, 1.82) is 0 Å². The summed E-state index contributed by atoms with van der Waals surface area (Å²) in [5.41, 5.74) is 2.89. The number of nitrogens with zero attached hydrogens (tertiary/aromatic N) is 2. The largest absolute Gasteiger partial charge is 0.497 e. The number of hydrogen-bond donors (Lipinski definition) is 1. The van der Waals surface area contributed by atoms with Crippen molar-refractivity contribution < 1.29 is 4.74 Å². The minimum atomic E-state index is 0.530. The van der Waals surface area contributed by atoms with Crippen LogP contribution in [0.3, 0.4) is 0 Å². The molecule has 0 unspecified atom stereocenters. The first-order valence-corrected chi connectivity index (χ1v) is 6.60. The Morgan fingerprint density at radius 2 is 2.30 bits per heavy atom. The molecule has 0 aliphatic carbocycles. The van der Waals surface area contributed by atoms with Crippen molar-refractivity contribution >= 4 is 17.9 Å². The maximum Gasteiger partial charge on any atom is 0.199 e. The lowest BCUT2D eigenvalue weighted by atomic mass is 10.1. The molecule has 1 aromatic heterocycles. The van der Waals surface area contributed by atoms with Crippen LogP contribution in [0.4, 0.5) is 0 Å². The molecular weight excluding hydrogens is 270 g/mol. The summed E-state index contributed by atoms with van der Waals surface area (Å²) in [5.74, 6) is 1.57. The number of rotatable bonds is 5. The first-order chi connectivity index (χ1) is 9.58. The van der Waals surface area contributed by atoms with Gasteiger partial charge in [0.05, 0.1) is 7.11 Å². The number of methoxy groups -OCH3 is 1. The van der Waals surface area contributed by atoms with Gasteiger partial charge in [0.25, 0.3) is 0 Å². The van der Waals surface area contributed by atoms with E-state index >= 15 is 0 Å². The molecule has 2 rings (SSSR count). The molecule has 0 saturated heterocycles. The van der Waals surface area contributed by atoms with Crippen molar-refractivity contribution in [3.05, 3.63) is 47.8 Å². The predicted molar refractivity (Wildman–Crippen MR) is 84.3 cm³/mol. The topological polar surface area (TPSA) is 42.8 Å². The van der Waals surface area contributed by atoms with E-state index in [2.05, 4.69) is 23.4 Å². The molecule has 1 heterocycles. The zero-order valence-corrected chi connectivity index (χ0v) is 12.5. The van der Waals surface area contributed by atoms with Crippen LogP contribution in [-0.4, -0.2) is 21.9 Å². The zero-order valence-electron chi connectivity index (χ0n) is 11.6. The third kappa shape index (κ3) is 2.58. The van der Waals surface area contributed by atoms with Crippen LogP contribution < -0.4 is 4.74 Å². The molecule has 2 aromatic rings. The van der Waals surface area contributed by atoms with Gasteiger partial charge in [-0.3, -0.25) is 9.67 Å². The number of ether oxygens (including phenoxy) is 1. The number of nitrogens with one attached hydrogen (secondary N) is 1. The van der Waals surface area contributed by atoms with Gasteiger partial charge in [0.1, 0.15) is 5.75 Å². The summed E-state index contributed by atoms with van der Waals surface area (Å²) in [6.45, 7) is 9.78. The minimum absolute atomic E-state index is 0.530. The lowest BCUT2D eigenvalue weighted by Crippen LogP contribution is -2.00. The van der Waals surface area contributed by atoms with Gasteiger partial charge < -0.3 is 4.74 Å². The Morgan fingerprint density at radius 3 is 2.90 bits per heavy atom. The first-order valence-electron chi connectivity index (χ1n) is 6.20. The van der Waals surface area contributed by atoms with Crippen molar-refractivity contribution in [2.24, 2.45) is 0 Å². The number of aromatic amines is 1. The van der Waals surface area contributed by atoms with Crippen LogP contribution in [0.5, 0.6) is 5.75 Å². The number of allylic oxidation sites excluding steroid dienone is 2. The molecule has 0 aliphatic rings. The summed E-state index contributed by atoms with van der Waals surface area (Å²) in [6.07, 6.45) is 2.44. The molecule has 0 saturated carbocycles. The number of aromatic nitrogens is 3. The van der Waals surface area contributed by atoms with E-state index in [0.29, 0.717) is 11.2 Å². The van der Waals surface area contributed by atoms with Crippen LogP contribution >= 0.6 is 12.2 Å². The average Bonchev–Trinajstić information content (AvgIpc) is 2.80. The average molecular weight is 287 g/mol. The lowest BCUT2D eigenvalue weighted by molar-refractivity contribution is 0.414.